The highest BCUT2D eigenvalue weighted by molar-refractivity contribution is 5.96. The summed E-state index contributed by atoms with van der Waals surface area (Å²) in [6.07, 6.45) is 10.3. The lowest BCUT2D eigenvalue weighted by Crippen LogP contribution is -2.09. The summed E-state index contributed by atoms with van der Waals surface area (Å²) in [5.41, 5.74) is 4.30. The van der Waals surface area contributed by atoms with Gasteiger partial charge in [0.2, 0.25) is 0 Å². The van der Waals surface area contributed by atoms with Crippen LogP contribution >= 0.6 is 0 Å². The van der Waals surface area contributed by atoms with Crippen molar-refractivity contribution in [3.05, 3.63) is 47.4 Å². The first-order valence-corrected chi connectivity index (χ1v) is 8.80. The molecule has 1 saturated carbocycles. The van der Waals surface area contributed by atoms with E-state index in [0.717, 1.165) is 5.52 Å². The van der Waals surface area contributed by atoms with Crippen molar-refractivity contribution in [1.29, 1.82) is 0 Å². The van der Waals surface area contributed by atoms with Crippen molar-refractivity contribution in [3.63, 3.8) is 0 Å². The third-order valence-corrected chi connectivity index (χ3v) is 5.36. The fourth-order valence-corrected chi connectivity index (χ4v) is 4.15. The van der Waals surface area contributed by atoms with Crippen LogP contribution in [0.15, 0.2) is 30.5 Å². The molecule has 1 aromatic heterocycles. The number of methoxy groups -OCH3 is 1. The zero-order valence-corrected chi connectivity index (χ0v) is 14.0. The zero-order chi connectivity index (χ0) is 16.5. The summed E-state index contributed by atoms with van der Waals surface area (Å²) in [6, 6.07) is 5.86. The van der Waals surface area contributed by atoms with Crippen LogP contribution in [-0.2, 0) is 9.47 Å². The predicted molar refractivity (Wildman–Crippen MR) is 93.3 cm³/mol. The highest BCUT2D eigenvalue weighted by atomic mass is 16.5. The summed E-state index contributed by atoms with van der Waals surface area (Å²) in [4.78, 5) is 15.4. The molecule has 4 rings (SSSR count). The number of hydrogen-bond donors (Lipinski definition) is 1. The molecule has 1 aliphatic carbocycles. The molecule has 1 aromatic carbocycles. The molecule has 1 atom stereocenters. The zero-order valence-electron chi connectivity index (χ0n) is 14.0. The Morgan fingerprint density at radius 3 is 2.79 bits per heavy atom. The van der Waals surface area contributed by atoms with E-state index in [9.17, 15) is 4.79 Å². The molecule has 2 aliphatic rings. The van der Waals surface area contributed by atoms with Crippen molar-refractivity contribution in [2.24, 2.45) is 0 Å². The average molecular weight is 325 g/mol. The highest BCUT2D eigenvalue weighted by Gasteiger charge is 2.27. The van der Waals surface area contributed by atoms with E-state index >= 15 is 0 Å². The van der Waals surface area contributed by atoms with E-state index in [2.05, 4.69) is 17.1 Å². The van der Waals surface area contributed by atoms with Gasteiger partial charge in [0.25, 0.3) is 0 Å². The monoisotopic (exact) mass is 325 g/mol. The van der Waals surface area contributed by atoms with Crippen LogP contribution in [0.3, 0.4) is 0 Å². The number of H-pyrrole nitrogens is 1. The van der Waals surface area contributed by atoms with E-state index in [1.165, 1.54) is 55.9 Å². The van der Waals surface area contributed by atoms with Gasteiger partial charge in [-0.1, -0.05) is 25.3 Å². The number of carbonyl (C=O) groups excluding carboxylic acids is 1. The second kappa shape index (κ2) is 6.34. The Morgan fingerprint density at radius 1 is 1.25 bits per heavy atom. The lowest BCUT2D eigenvalue weighted by atomic mass is 9.81. The minimum atomic E-state index is -0.295. The minimum Gasteiger partial charge on any atom is -0.500 e. The molecule has 24 heavy (non-hydrogen) atoms. The number of rotatable bonds is 3. The van der Waals surface area contributed by atoms with E-state index in [1.807, 2.05) is 12.1 Å². The van der Waals surface area contributed by atoms with Gasteiger partial charge in [-0.05, 0) is 42.5 Å². The molecular weight excluding hydrogens is 302 g/mol. The second-order valence-corrected chi connectivity index (χ2v) is 6.81. The molecule has 0 bridgehead atoms. The molecule has 0 saturated heterocycles. The predicted octanol–water partition coefficient (Wildman–Crippen LogP) is 4.63. The van der Waals surface area contributed by atoms with E-state index in [4.69, 9.17) is 9.47 Å². The van der Waals surface area contributed by atoms with E-state index in [-0.39, 0.29) is 11.9 Å². The average Bonchev–Trinajstić information content (AvgIpc) is 3.28. The summed E-state index contributed by atoms with van der Waals surface area (Å²) >= 11 is 0. The molecule has 2 heterocycles. The van der Waals surface area contributed by atoms with E-state index < -0.39 is 0 Å². The van der Waals surface area contributed by atoms with Gasteiger partial charge in [-0.25, -0.2) is 4.79 Å². The first-order valence-electron chi connectivity index (χ1n) is 8.80. The molecule has 1 aliphatic heterocycles. The van der Waals surface area contributed by atoms with Gasteiger partial charge < -0.3 is 14.5 Å². The minimum absolute atomic E-state index is 0.274. The van der Waals surface area contributed by atoms with E-state index in [0.29, 0.717) is 18.1 Å². The topological polar surface area (TPSA) is 51.3 Å². The molecule has 0 spiro atoms. The maximum atomic E-state index is 11.8. The van der Waals surface area contributed by atoms with Gasteiger partial charge in [0.15, 0.2) is 0 Å². The fraction of sp³-hybridized carbons (Fsp3) is 0.450. The smallest absolute Gasteiger partial charge is 0.337 e. The number of hydrogen-bond acceptors (Lipinski definition) is 3. The molecule has 126 valence electrons. The van der Waals surface area contributed by atoms with Gasteiger partial charge in [-0.15, -0.1) is 0 Å². The maximum absolute atomic E-state index is 11.8. The van der Waals surface area contributed by atoms with Crippen LogP contribution in [0.4, 0.5) is 0 Å². The standard InChI is InChI=1S/C20H23NO3/c1-23-20(22)14-7-8-16-17(11-14)21-19(15-9-10-24-12-15)18(16)13-5-3-2-4-6-13/h7-11,13,15,21H,2-6,12H2,1H3. The van der Waals surface area contributed by atoms with Crippen LogP contribution in [0.1, 0.15) is 65.6 Å². The SMILES string of the molecule is COC(=O)c1ccc2c(C3CCCCC3)c(C3C=COC3)[nH]c2c1. The molecule has 1 N–H and O–H groups in total. The number of aromatic nitrogens is 1. The van der Waals surface area contributed by atoms with Crippen LogP contribution in [-0.4, -0.2) is 24.7 Å². The molecule has 4 nitrogen and oxygen atoms in total. The van der Waals surface area contributed by atoms with Crippen LogP contribution in [0.5, 0.6) is 0 Å². The summed E-state index contributed by atoms with van der Waals surface area (Å²) in [5.74, 6) is 0.577. The van der Waals surface area contributed by atoms with Gasteiger partial charge in [0.1, 0.15) is 0 Å². The second-order valence-electron chi connectivity index (χ2n) is 6.81. The number of fused-ring (bicyclic) bond motifs is 1. The molecule has 4 heteroatoms. The molecule has 1 unspecified atom stereocenters. The Morgan fingerprint density at radius 2 is 2.08 bits per heavy atom. The molecule has 0 amide bonds. The van der Waals surface area contributed by atoms with Crippen LogP contribution < -0.4 is 0 Å². The summed E-state index contributed by atoms with van der Waals surface area (Å²) in [6.45, 7) is 0.691. The molecule has 0 radical (unpaired) electrons. The summed E-state index contributed by atoms with van der Waals surface area (Å²) < 4.78 is 10.3. The lowest BCUT2D eigenvalue weighted by molar-refractivity contribution is 0.0601. The van der Waals surface area contributed by atoms with Gasteiger partial charge >= 0.3 is 5.97 Å². The van der Waals surface area contributed by atoms with Crippen LogP contribution in [0.2, 0.25) is 0 Å². The van der Waals surface area contributed by atoms with E-state index in [1.54, 1.807) is 6.26 Å². The van der Waals surface area contributed by atoms with Crippen molar-refractivity contribution in [2.45, 2.75) is 43.9 Å². The van der Waals surface area contributed by atoms with Crippen molar-refractivity contribution in [1.82, 2.24) is 4.98 Å². The number of esters is 1. The van der Waals surface area contributed by atoms with Crippen molar-refractivity contribution >= 4 is 16.9 Å². The third-order valence-electron chi connectivity index (χ3n) is 5.36. The number of ether oxygens (including phenoxy) is 2. The Labute approximate surface area is 141 Å². The molecule has 2 aromatic rings. The van der Waals surface area contributed by atoms with Crippen molar-refractivity contribution in [3.8, 4) is 0 Å². The maximum Gasteiger partial charge on any atom is 0.337 e. The first kappa shape index (κ1) is 15.3. The third kappa shape index (κ3) is 2.60. The lowest BCUT2D eigenvalue weighted by Gasteiger charge is -2.24. The number of benzene rings is 1. The number of aromatic amines is 1. The fourth-order valence-electron chi connectivity index (χ4n) is 4.15. The Hall–Kier alpha value is -2.23. The van der Waals surface area contributed by atoms with Crippen molar-refractivity contribution < 1.29 is 14.3 Å². The normalized spacial score (nSPS) is 21.1. The van der Waals surface area contributed by atoms with Crippen molar-refractivity contribution in [2.75, 3.05) is 13.7 Å². The number of carbonyl (C=O) groups is 1. The summed E-state index contributed by atoms with van der Waals surface area (Å²) in [5, 5.41) is 1.24. The highest BCUT2D eigenvalue weighted by Crippen LogP contribution is 2.42. The Bertz CT molecular complexity index is 784. The molecule has 1 fully saturated rings. The van der Waals surface area contributed by atoms with Gasteiger partial charge in [0, 0.05) is 16.6 Å². The van der Waals surface area contributed by atoms with Crippen LogP contribution in [0, 0.1) is 0 Å². The van der Waals surface area contributed by atoms with Gasteiger partial charge in [0.05, 0.1) is 31.5 Å². The largest absolute Gasteiger partial charge is 0.500 e. The van der Waals surface area contributed by atoms with Crippen LogP contribution in [0.25, 0.3) is 10.9 Å². The van der Waals surface area contributed by atoms with Gasteiger partial charge in [-0.2, -0.15) is 0 Å². The van der Waals surface area contributed by atoms with Gasteiger partial charge in [-0.3, -0.25) is 0 Å². The Balaban J connectivity index is 1.84. The number of nitrogens with one attached hydrogen (secondary N) is 1. The first-order chi connectivity index (χ1) is 11.8. The molecular formula is C20H23NO3. The summed E-state index contributed by atoms with van der Waals surface area (Å²) in [7, 11) is 1.42. The quantitative estimate of drug-likeness (QED) is 0.837. The Kier molecular flexibility index (Phi) is 4.05.